The highest BCUT2D eigenvalue weighted by molar-refractivity contribution is 5.66. The Morgan fingerprint density at radius 1 is 1.47 bits per heavy atom. The first-order chi connectivity index (χ1) is 7.13. The number of nitrogens with one attached hydrogen (secondary N) is 1. The Kier molecular flexibility index (Phi) is 2.49. The van der Waals surface area contributed by atoms with E-state index < -0.39 is 0 Å². The van der Waals surface area contributed by atoms with Crippen LogP contribution in [0.1, 0.15) is 19.4 Å². The second-order valence-electron chi connectivity index (χ2n) is 4.07. The summed E-state index contributed by atoms with van der Waals surface area (Å²) >= 11 is 0. The third-order valence-corrected chi connectivity index (χ3v) is 2.91. The Balaban J connectivity index is 1.98. The molecule has 0 radical (unpaired) electrons. The molecule has 0 aromatic heterocycles. The van der Waals surface area contributed by atoms with Crippen molar-refractivity contribution in [2.24, 2.45) is 0 Å². The van der Waals surface area contributed by atoms with Crippen LogP contribution in [0, 0.1) is 0 Å². The minimum absolute atomic E-state index is 0.0310. The van der Waals surface area contributed by atoms with E-state index in [1.54, 1.807) is 0 Å². The first kappa shape index (κ1) is 10.2. The van der Waals surface area contributed by atoms with Gasteiger partial charge in [0.2, 0.25) is 0 Å². The van der Waals surface area contributed by atoms with Crippen LogP contribution < -0.4 is 5.32 Å². The molecule has 15 heavy (non-hydrogen) atoms. The Morgan fingerprint density at radius 2 is 2.13 bits per heavy atom. The smallest absolute Gasteiger partial charge is 0.302 e. The molecule has 0 saturated carbocycles. The van der Waals surface area contributed by atoms with E-state index in [2.05, 4.69) is 24.4 Å². The second-order valence-corrected chi connectivity index (χ2v) is 4.07. The van der Waals surface area contributed by atoms with Gasteiger partial charge in [-0.25, -0.2) is 0 Å². The molecular formula is C12H15NO2. The quantitative estimate of drug-likeness (QED) is 0.600. The van der Waals surface area contributed by atoms with Crippen LogP contribution in [-0.2, 0) is 15.1 Å². The lowest BCUT2D eigenvalue weighted by Gasteiger charge is -2.08. The molecule has 0 amide bonds. The van der Waals surface area contributed by atoms with Gasteiger partial charge in [-0.3, -0.25) is 10.1 Å². The van der Waals surface area contributed by atoms with Crippen LogP contribution in [0.5, 0.6) is 0 Å². The van der Waals surface area contributed by atoms with Gasteiger partial charge in [-0.15, -0.1) is 0 Å². The van der Waals surface area contributed by atoms with Crippen LogP contribution in [0.4, 0.5) is 0 Å². The summed E-state index contributed by atoms with van der Waals surface area (Å²) in [7, 11) is 0. The summed E-state index contributed by atoms with van der Waals surface area (Å²) in [6, 6.07) is 10.4. The Hall–Kier alpha value is -1.35. The third-order valence-electron chi connectivity index (χ3n) is 2.91. The molecule has 3 heteroatoms. The standard InChI is InChI=1S/C12H15NO2/c1-9(14)15-8-11-12(2,13-11)10-6-4-3-5-7-10/h3-7,11,13H,8H2,1-2H3/t11-,12+/m0/s1. The van der Waals surface area contributed by atoms with E-state index in [4.69, 9.17) is 4.74 Å². The van der Waals surface area contributed by atoms with Gasteiger partial charge in [-0.1, -0.05) is 30.3 Å². The van der Waals surface area contributed by atoms with Crippen LogP contribution in [0.15, 0.2) is 30.3 Å². The zero-order valence-electron chi connectivity index (χ0n) is 8.99. The predicted octanol–water partition coefficient (Wildman–Crippen LogP) is 1.44. The molecule has 1 N–H and O–H groups in total. The predicted molar refractivity (Wildman–Crippen MR) is 57.4 cm³/mol. The van der Waals surface area contributed by atoms with Crippen molar-refractivity contribution in [2.75, 3.05) is 6.61 Å². The summed E-state index contributed by atoms with van der Waals surface area (Å²) in [6.07, 6.45) is 0. The first-order valence-electron chi connectivity index (χ1n) is 5.09. The fourth-order valence-corrected chi connectivity index (χ4v) is 1.80. The Labute approximate surface area is 89.4 Å². The lowest BCUT2D eigenvalue weighted by atomic mass is 9.97. The monoisotopic (exact) mass is 205 g/mol. The van der Waals surface area contributed by atoms with Crippen molar-refractivity contribution in [1.82, 2.24) is 5.32 Å². The third kappa shape index (κ3) is 2.02. The van der Waals surface area contributed by atoms with Crippen molar-refractivity contribution in [2.45, 2.75) is 25.4 Å². The maximum atomic E-state index is 10.7. The summed E-state index contributed by atoms with van der Waals surface area (Å²) in [5.74, 6) is -0.223. The van der Waals surface area contributed by atoms with Gasteiger partial charge in [0.1, 0.15) is 6.61 Å². The van der Waals surface area contributed by atoms with Crippen LogP contribution in [0.25, 0.3) is 0 Å². The summed E-state index contributed by atoms with van der Waals surface area (Å²) in [6.45, 7) is 4.00. The summed E-state index contributed by atoms with van der Waals surface area (Å²) in [4.78, 5) is 10.7. The van der Waals surface area contributed by atoms with Gasteiger partial charge in [0, 0.05) is 6.92 Å². The van der Waals surface area contributed by atoms with Gasteiger partial charge < -0.3 is 4.74 Å². The van der Waals surface area contributed by atoms with Crippen molar-refractivity contribution in [3.05, 3.63) is 35.9 Å². The fourth-order valence-electron chi connectivity index (χ4n) is 1.80. The normalized spacial score (nSPS) is 28.5. The molecule has 80 valence electrons. The molecule has 2 rings (SSSR count). The average Bonchev–Trinajstić information content (AvgIpc) is 2.90. The zero-order chi connectivity index (χ0) is 10.9. The molecule has 1 aromatic rings. The number of hydrogen-bond acceptors (Lipinski definition) is 3. The molecule has 1 saturated heterocycles. The van der Waals surface area contributed by atoms with Crippen LogP contribution in [0.2, 0.25) is 0 Å². The molecule has 0 aliphatic carbocycles. The van der Waals surface area contributed by atoms with Crippen molar-refractivity contribution in [1.29, 1.82) is 0 Å². The van der Waals surface area contributed by atoms with Crippen LogP contribution in [0.3, 0.4) is 0 Å². The van der Waals surface area contributed by atoms with Gasteiger partial charge in [0.15, 0.2) is 0 Å². The minimum atomic E-state index is -0.223. The fraction of sp³-hybridized carbons (Fsp3) is 0.417. The molecule has 1 fully saturated rings. The van der Waals surface area contributed by atoms with Crippen molar-refractivity contribution in [3.63, 3.8) is 0 Å². The van der Waals surface area contributed by atoms with E-state index in [1.165, 1.54) is 12.5 Å². The molecule has 2 atom stereocenters. The number of esters is 1. The average molecular weight is 205 g/mol. The highest BCUT2D eigenvalue weighted by Crippen LogP contribution is 2.37. The number of carbonyl (C=O) groups is 1. The number of hydrogen-bond donors (Lipinski definition) is 1. The van der Waals surface area contributed by atoms with E-state index in [9.17, 15) is 4.79 Å². The molecule has 0 unspecified atom stereocenters. The first-order valence-corrected chi connectivity index (χ1v) is 5.09. The maximum absolute atomic E-state index is 10.7. The van der Waals surface area contributed by atoms with E-state index in [0.29, 0.717) is 6.61 Å². The van der Waals surface area contributed by atoms with E-state index >= 15 is 0 Å². The van der Waals surface area contributed by atoms with Crippen molar-refractivity contribution < 1.29 is 9.53 Å². The lowest BCUT2D eigenvalue weighted by Crippen LogP contribution is -2.14. The van der Waals surface area contributed by atoms with Crippen molar-refractivity contribution in [3.8, 4) is 0 Å². The number of ether oxygens (including phenoxy) is 1. The topological polar surface area (TPSA) is 48.2 Å². The molecular weight excluding hydrogens is 190 g/mol. The molecule has 0 bridgehead atoms. The van der Waals surface area contributed by atoms with Gasteiger partial charge in [-0.05, 0) is 12.5 Å². The van der Waals surface area contributed by atoms with Crippen LogP contribution in [-0.4, -0.2) is 18.6 Å². The van der Waals surface area contributed by atoms with E-state index in [1.807, 2.05) is 18.2 Å². The van der Waals surface area contributed by atoms with Gasteiger partial charge >= 0.3 is 5.97 Å². The van der Waals surface area contributed by atoms with Gasteiger partial charge in [-0.2, -0.15) is 0 Å². The molecule has 1 aliphatic rings. The molecule has 3 nitrogen and oxygen atoms in total. The number of benzene rings is 1. The maximum Gasteiger partial charge on any atom is 0.302 e. The van der Waals surface area contributed by atoms with E-state index in [0.717, 1.165) is 0 Å². The molecule has 1 aliphatic heterocycles. The van der Waals surface area contributed by atoms with E-state index in [-0.39, 0.29) is 17.6 Å². The minimum Gasteiger partial charge on any atom is -0.464 e. The SMILES string of the molecule is CC(=O)OC[C@@H]1N[C@]1(C)c1ccccc1. The number of rotatable bonds is 3. The summed E-state index contributed by atoms with van der Waals surface area (Å²) in [5.41, 5.74) is 1.21. The largest absolute Gasteiger partial charge is 0.464 e. The molecule has 0 spiro atoms. The molecule has 1 aromatic carbocycles. The Morgan fingerprint density at radius 3 is 2.73 bits per heavy atom. The van der Waals surface area contributed by atoms with Crippen molar-refractivity contribution >= 4 is 5.97 Å². The molecule has 1 heterocycles. The highest BCUT2D eigenvalue weighted by Gasteiger charge is 2.51. The van der Waals surface area contributed by atoms with Gasteiger partial charge in [0.25, 0.3) is 0 Å². The Bertz CT molecular complexity index is 363. The van der Waals surface area contributed by atoms with Crippen LogP contribution >= 0.6 is 0 Å². The number of carbonyl (C=O) groups excluding carboxylic acids is 1. The summed E-state index contributed by atoms with van der Waals surface area (Å²) < 4.78 is 4.98. The lowest BCUT2D eigenvalue weighted by molar-refractivity contribution is -0.140. The second kappa shape index (κ2) is 3.66. The van der Waals surface area contributed by atoms with Gasteiger partial charge in [0.05, 0.1) is 11.6 Å². The highest BCUT2D eigenvalue weighted by atomic mass is 16.5. The summed E-state index contributed by atoms with van der Waals surface area (Å²) in [5, 5.41) is 3.34. The zero-order valence-corrected chi connectivity index (χ0v) is 8.99.